The van der Waals surface area contributed by atoms with Gasteiger partial charge in [0.1, 0.15) is 5.82 Å². The van der Waals surface area contributed by atoms with Crippen LogP contribution in [0.15, 0.2) is 53.4 Å². The molecule has 1 unspecified atom stereocenters. The van der Waals surface area contributed by atoms with Crippen LogP contribution < -0.4 is 5.32 Å². The molecule has 0 bridgehead atoms. The quantitative estimate of drug-likeness (QED) is 0.686. The number of sulfonamides is 1. The largest absolute Gasteiger partial charge is 0.379 e. The van der Waals surface area contributed by atoms with Crippen LogP contribution in [0.2, 0.25) is 0 Å². The summed E-state index contributed by atoms with van der Waals surface area (Å²) in [7, 11) is -3.56. The van der Waals surface area contributed by atoms with E-state index in [0.717, 1.165) is 24.9 Å². The lowest BCUT2D eigenvalue weighted by atomic mass is 10.0. The van der Waals surface area contributed by atoms with Crippen molar-refractivity contribution in [2.24, 2.45) is 0 Å². The van der Waals surface area contributed by atoms with Crippen molar-refractivity contribution in [2.45, 2.75) is 30.2 Å². The number of nitrogens with one attached hydrogen (secondary N) is 1. The molecule has 0 spiro atoms. The lowest BCUT2D eigenvalue weighted by molar-refractivity contribution is -0.117. The third-order valence-electron chi connectivity index (χ3n) is 5.95. The van der Waals surface area contributed by atoms with Gasteiger partial charge in [0.2, 0.25) is 15.9 Å². The zero-order chi connectivity index (χ0) is 22.6. The van der Waals surface area contributed by atoms with Crippen LogP contribution in [0.25, 0.3) is 0 Å². The number of nitrogens with zero attached hydrogens (tertiary/aromatic N) is 2. The zero-order valence-corrected chi connectivity index (χ0v) is 18.7. The Bertz CT molecular complexity index is 1040. The van der Waals surface area contributed by atoms with Crippen molar-refractivity contribution in [2.75, 3.05) is 44.7 Å². The zero-order valence-electron chi connectivity index (χ0n) is 17.9. The molecule has 1 N–H and O–H groups in total. The highest BCUT2D eigenvalue weighted by atomic mass is 32.2. The second-order valence-electron chi connectivity index (χ2n) is 8.19. The van der Waals surface area contributed by atoms with Crippen LogP contribution in [0.1, 0.15) is 18.4 Å². The smallest absolute Gasteiger partial charge is 0.243 e. The minimum atomic E-state index is -3.56. The topological polar surface area (TPSA) is 79.0 Å². The summed E-state index contributed by atoms with van der Waals surface area (Å²) in [6.45, 7) is 2.53. The van der Waals surface area contributed by atoms with Crippen molar-refractivity contribution in [3.63, 3.8) is 0 Å². The van der Waals surface area contributed by atoms with Gasteiger partial charge in [0.15, 0.2) is 0 Å². The van der Waals surface area contributed by atoms with Crippen molar-refractivity contribution < 1.29 is 22.3 Å². The molecular weight excluding hydrogens is 433 g/mol. The molecule has 2 aromatic rings. The normalized spacial score (nSPS) is 20.3. The molecule has 2 heterocycles. The first-order valence-corrected chi connectivity index (χ1v) is 12.3. The van der Waals surface area contributed by atoms with Crippen LogP contribution in [0.3, 0.4) is 0 Å². The minimum Gasteiger partial charge on any atom is -0.379 e. The number of carbonyl (C=O) groups excluding carboxylic acids is 1. The number of morpholine rings is 1. The summed E-state index contributed by atoms with van der Waals surface area (Å²) in [6.07, 6.45) is 2.68. The molecule has 1 amide bonds. The summed E-state index contributed by atoms with van der Waals surface area (Å²) >= 11 is 0. The first-order chi connectivity index (χ1) is 15.4. The van der Waals surface area contributed by atoms with Crippen LogP contribution in [0.5, 0.6) is 0 Å². The maximum Gasteiger partial charge on any atom is 0.243 e. The molecule has 2 fully saturated rings. The monoisotopic (exact) mass is 461 g/mol. The molecule has 0 saturated carbocycles. The summed E-state index contributed by atoms with van der Waals surface area (Å²) in [6, 6.07) is 13.0. The van der Waals surface area contributed by atoms with Crippen LogP contribution in [0, 0.1) is 5.82 Å². The summed E-state index contributed by atoms with van der Waals surface area (Å²) in [5.74, 6) is -0.399. The van der Waals surface area contributed by atoms with Crippen molar-refractivity contribution in [1.82, 2.24) is 9.21 Å². The number of likely N-dealkylation sites (tertiary alicyclic amines) is 1. The number of ether oxygens (including phenoxy) is 1. The average molecular weight is 462 g/mol. The van der Waals surface area contributed by atoms with E-state index in [4.69, 9.17) is 4.74 Å². The van der Waals surface area contributed by atoms with Crippen molar-refractivity contribution in [3.05, 3.63) is 59.9 Å². The Morgan fingerprint density at radius 1 is 1.09 bits per heavy atom. The van der Waals surface area contributed by atoms with Gasteiger partial charge in [-0.2, -0.15) is 4.31 Å². The van der Waals surface area contributed by atoms with Crippen molar-refractivity contribution >= 4 is 21.6 Å². The number of benzene rings is 2. The summed E-state index contributed by atoms with van der Waals surface area (Å²) in [4.78, 5) is 14.9. The lowest BCUT2D eigenvalue weighted by Crippen LogP contribution is -2.40. The van der Waals surface area contributed by atoms with Gasteiger partial charge in [-0.05, 0) is 67.8 Å². The molecule has 0 radical (unpaired) electrons. The molecule has 0 aromatic heterocycles. The first-order valence-electron chi connectivity index (χ1n) is 10.9. The predicted molar refractivity (Wildman–Crippen MR) is 119 cm³/mol. The van der Waals surface area contributed by atoms with Gasteiger partial charge < -0.3 is 10.1 Å². The molecule has 4 rings (SSSR count). The van der Waals surface area contributed by atoms with Gasteiger partial charge in [0.25, 0.3) is 0 Å². The Hall–Kier alpha value is -2.33. The Balaban J connectivity index is 1.33. The van der Waals surface area contributed by atoms with E-state index in [1.807, 2.05) is 6.07 Å². The van der Waals surface area contributed by atoms with Gasteiger partial charge in [0, 0.05) is 24.8 Å². The number of rotatable bonds is 7. The molecule has 9 heteroatoms. The average Bonchev–Trinajstić information content (AvgIpc) is 3.21. The fraction of sp³-hybridized carbons (Fsp3) is 0.435. The minimum absolute atomic E-state index is 0.153. The number of hydrogen-bond acceptors (Lipinski definition) is 5. The van der Waals surface area contributed by atoms with Crippen LogP contribution >= 0.6 is 0 Å². The van der Waals surface area contributed by atoms with E-state index in [1.54, 1.807) is 24.3 Å². The predicted octanol–water partition coefficient (Wildman–Crippen LogP) is 2.49. The highest BCUT2D eigenvalue weighted by Gasteiger charge is 2.27. The molecular formula is C23H28FN3O4S. The molecule has 2 saturated heterocycles. The molecule has 2 aromatic carbocycles. The van der Waals surface area contributed by atoms with Gasteiger partial charge in [-0.3, -0.25) is 9.69 Å². The SMILES string of the molecule is O=C(CN1CCCC1Cc1cccc(F)c1)Nc1ccc(S(=O)(=O)N2CCOCC2)cc1. The molecule has 172 valence electrons. The van der Waals surface area contributed by atoms with Crippen LogP contribution in [-0.4, -0.2) is 69.0 Å². The molecule has 0 aliphatic carbocycles. The van der Waals surface area contributed by atoms with E-state index < -0.39 is 10.0 Å². The van der Waals surface area contributed by atoms with E-state index >= 15 is 0 Å². The highest BCUT2D eigenvalue weighted by Crippen LogP contribution is 2.22. The second-order valence-corrected chi connectivity index (χ2v) is 10.1. The summed E-state index contributed by atoms with van der Waals surface area (Å²) in [5.41, 5.74) is 1.48. The van der Waals surface area contributed by atoms with E-state index in [1.165, 1.54) is 22.5 Å². The van der Waals surface area contributed by atoms with E-state index in [9.17, 15) is 17.6 Å². The van der Waals surface area contributed by atoms with Gasteiger partial charge in [-0.15, -0.1) is 0 Å². The Morgan fingerprint density at radius 3 is 2.56 bits per heavy atom. The highest BCUT2D eigenvalue weighted by molar-refractivity contribution is 7.89. The number of amides is 1. The van der Waals surface area contributed by atoms with Gasteiger partial charge >= 0.3 is 0 Å². The standard InChI is InChI=1S/C23H28FN3O4S/c24-19-4-1-3-18(15-19)16-21-5-2-10-26(21)17-23(28)25-20-6-8-22(9-7-20)32(29,30)27-11-13-31-14-12-27/h1,3-4,6-9,15,21H,2,5,10-14,16-17H2,(H,25,28). The fourth-order valence-electron chi connectivity index (χ4n) is 4.30. The number of carbonyl (C=O) groups is 1. The number of anilines is 1. The van der Waals surface area contributed by atoms with Gasteiger partial charge in [-0.1, -0.05) is 12.1 Å². The van der Waals surface area contributed by atoms with Crippen LogP contribution in [-0.2, 0) is 26.0 Å². The van der Waals surface area contributed by atoms with E-state index in [0.29, 0.717) is 38.4 Å². The summed E-state index contributed by atoms with van der Waals surface area (Å²) < 4.78 is 45.5. The molecule has 2 aliphatic heterocycles. The molecule has 7 nitrogen and oxygen atoms in total. The molecule has 1 atom stereocenters. The van der Waals surface area contributed by atoms with Gasteiger partial charge in [0.05, 0.1) is 24.7 Å². The second kappa shape index (κ2) is 10.1. The maximum atomic E-state index is 13.5. The van der Waals surface area contributed by atoms with Crippen molar-refractivity contribution in [1.29, 1.82) is 0 Å². The molecule has 32 heavy (non-hydrogen) atoms. The van der Waals surface area contributed by atoms with Gasteiger partial charge in [-0.25, -0.2) is 12.8 Å². The van der Waals surface area contributed by atoms with Crippen molar-refractivity contribution in [3.8, 4) is 0 Å². The lowest BCUT2D eigenvalue weighted by Gasteiger charge is -2.26. The fourth-order valence-corrected chi connectivity index (χ4v) is 5.71. The maximum absolute atomic E-state index is 13.5. The Morgan fingerprint density at radius 2 is 1.84 bits per heavy atom. The van der Waals surface area contributed by atoms with Crippen LogP contribution in [0.4, 0.5) is 10.1 Å². The van der Waals surface area contributed by atoms with E-state index in [-0.39, 0.29) is 29.2 Å². The summed E-state index contributed by atoms with van der Waals surface area (Å²) in [5, 5.41) is 2.85. The van der Waals surface area contributed by atoms with E-state index in [2.05, 4.69) is 10.2 Å². The Labute approximate surface area is 188 Å². The third-order valence-corrected chi connectivity index (χ3v) is 7.86. The third kappa shape index (κ3) is 5.53. The molecule has 2 aliphatic rings. The number of halogens is 1. The number of hydrogen-bond donors (Lipinski definition) is 1. The first kappa shape index (κ1) is 22.8. The Kier molecular flexibility index (Phi) is 7.20.